The second-order valence-corrected chi connectivity index (χ2v) is 17.0. The van der Waals surface area contributed by atoms with E-state index in [-0.39, 0.29) is 0 Å². The van der Waals surface area contributed by atoms with Crippen molar-refractivity contribution in [1.29, 1.82) is 0 Å². The number of anilines is 3. The molecular formula is C51H33N4OP. The third-order valence-electron chi connectivity index (χ3n) is 11.1. The second kappa shape index (κ2) is 13.2. The third kappa shape index (κ3) is 5.32. The second-order valence-electron chi connectivity index (χ2n) is 14.3. The molecule has 1 aromatic heterocycles. The number of aromatic nitrogens is 3. The zero-order chi connectivity index (χ0) is 37.9. The summed E-state index contributed by atoms with van der Waals surface area (Å²) >= 11 is 0. The van der Waals surface area contributed by atoms with Crippen LogP contribution in [0.2, 0.25) is 0 Å². The molecule has 0 amide bonds. The largest absolute Gasteiger partial charge is 0.309 e. The van der Waals surface area contributed by atoms with E-state index < -0.39 is 7.14 Å². The van der Waals surface area contributed by atoms with E-state index in [1.54, 1.807) is 0 Å². The average Bonchev–Trinajstić information content (AvgIpc) is 3.47. The van der Waals surface area contributed by atoms with E-state index in [9.17, 15) is 0 Å². The van der Waals surface area contributed by atoms with Crippen LogP contribution in [-0.2, 0) is 4.57 Å². The van der Waals surface area contributed by atoms with Gasteiger partial charge in [0.05, 0.1) is 11.4 Å². The first-order valence-electron chi connectivity index (χ1n) is 19.1. The van der Waals surface area contributed by atoms with Crippen molar-refractivity contribution in [1.82, 2.24) is 15.0 Å². The Morgan fingerprint density at radius 2 is 0.912 bits per heavy atom. The molecule has 5 nitrogen and oxygen atoms in total. The van der Waals surface area contributed by atoms with Gasteiger partial charge in [-0.05, 0) is 45.7 Å². The Kier molecular flexibility index (Phi) is 7.70. The molecule has 3 heterocycles. The molecule has 9 aromatic rings. The molecule has 6 heteroatoms. The topological polar surface area (TPSA) is 59.0 Å². The van der Waals surface area contributed by atoms with E-state index in [1.165, 1.54) is 0 Å². The summed E-state index contributed by atoms with van der Waals surface area (Å²) in [5.74, 6) is 1.60. The highest BCUT2D eigenvalue weighted by Gasteiger charge is 2.46. The molecule has 1 unspecified atom stereocenters. The predicted molar refractivity (Wildman–Crippen MR) is 234 cm³/mol. The van der Waals surface area contributed by atoms with Crippen LogP contribution in [0.3, 0.4) is 0 Å². The van der Waals surface area contributed by atoms with Crippen molar-refractivity contribution in [2.75, 3.05) is 4.90 Å². The highest BCUT2D eigenvalue weighted by atomic mass is 31.2. The normalized spacial score (nSPS) is 15.4. The van der Waals surface area contributed by atoms with Gasteiger partial charge in [-0.15, -0.1) is 0 Å². The van der Waals surface area contributed by atoms with Crippen LogP contribution in [0, 0.1) is 0 Å². The Bertz CT molecular complexity index is 3110. The number of benzene rings is 8. The van der Waals surface area contributed by atoms with Crippen LogP contribution in [0.15, 0.2) is 200 Å². The molecular weight excluding hydrogens is 716 g/mol. The van der Waals surface area contributed by atoms with E-state index in [1.807, 2.05) is 78.9 Å². The quantitative estimate of drug-likeness (QED) is 0.164. The Hall–Kier alpha value is -7.20. The number of hydrogen-bond acceptors (Lipinski definition) is 5. The maximum Gasteiger partial charge on any atom is 0.238 e. The lowest BCUT2D eigenvalue weighted by Crippen LogP contribution is -2.19. The molecule has 0 fully saturated rings. The zero-order valence-electron chi connectivity index (χ0n) is 30.7. The zero-order valence-corrected chi connectivity index (χ0v) is 31.6. The summed E-state index contributed by atoms with van der Waals surface area (Å²) in [4.78, 5) is 17.7. The number of hydrogen-bond donors (Lipinski definition) is 0. The Morgan fingerprint density at radius 3 is 1.63 bits per heavy atom. The molecule has 268 valence electrons. The molecule has 0 saturated heterocycles. The smallest absolute Gasteiger partial charge is 0.238 e. The fraction of sp³-hybridized carbons (Fsp3) is 0. The lowest BCUT2D eigenvalue weighted by molar-refractivity contribution is 0.593. The SMILES string of the molecule is O=P1(c2ccc3ccccc3c2)C2=C(c3ccccc3N(c3nc(-c4ccccc4)nc(-c4ccc(-c5ccccc5)cc4)n3)c3ccccc32)c2ccccc21. The monoisotopic (exact) mass is 748 g/mol. The molecule has 0 aliphatic carbocycles. The van der Waals surface area contributed by atoms with Gasteiger partial charge in [0.15, 0.2) is 18.8 Å². The first-order chi connectivity index (χ1) is 28.1. The van der Waals surface area contributed by atoms with E-state index >= 15 is 4.57 Å². The first kappa shape index (κ1) is 33.2. The van der Waals surface area contributed by atoms with Crippen molar-refractivity contribution in [2.24, 2.45) is 0 Å². The lowest BCUT2D eigenvalue weighted by atomic mass is 9.95. The van der Waals surface area contributed by atoms with Crippen molar-refractivity contribution in [3.05, 3.63) is 217 Å². The fourth-order valence-electron chi connectivity index (χ4n) is 8.43. The molecule has 0 radical (unpaired) electrons. The van der Waals surface area contributed by atoms with Gasteiger partial charge in [0.1, 0.15) is 0 Å². The molecule has 8 aromatic carbocycles. The fourth-order valence-corrected chi connectivity index (χ4v) is 11.7. The van der Waals surface area contributed by atoms with Crippen LogP contribution in [0.25, 0.3) is 55.6 Å². The molecule has 0 spiro atoms. The van der Waals surface area contributed by atoms with Crippen LogP contribution >= 0.6 is 7.14 Å². The first-order valence-corrected chi connectivity index (χ1v) is 20.8. The maximum absolute atomic E-state index is 16.5. The number of rotatable bonds is 5. The molecule has 57 heavy (non-hydrogen) atoms. The molecule has 2 aliphatic rings. The van der Waals surface area contributed by atoms with Crippen molar-refractivity contribution in [3.8, 4) is 33.9 Å². The van der Waals surface area contributed by atoms with Gasteiger partial charge < -0.3 is 4.57 Å². The minimum Gasteiger partial charge on any atom is -0.309 e. The average molecular weight is 749 g/mol. The highest BCUT2D eigenvalue weighted by molar-refractivity contribution is 7.88. The Labute approximate surface area is 330 Å². The van der Waals surface area contributed by atoms with Gasteiger partial charge >= 0.3 is 0 Å². The Morgan fingerprint density at radius 1 is 0.404 bits per heavy atom. The van der Waals surface area contributed by atoms with Crippen molar-refractivity contribution in [3.63, 3.8) is 0 Å². The van der Waals surface area contributed by atoms with Gasteiger partial charge in [0, 0.05) is 43.8 Å². The molecule has 2 aliphatic heterocycles. The van der Waals surface area contributed by atoms with Crippen LogP contribution in [0.4, 0.5) is 17.3 Å². The van der Waals surface area contributed by atoms with Crippen LogP contribution in [-0.4, -0.2) is 15.0 Å². The minimum atomic E-state index is -3.43. The summed E-state index contributed by atoms with van der Waals surface area (Å²) < 4.78 is 16.5. The summed E-state index contributed by atoms with van der Waals surface area (Å²) in [5, 5.41) is 4.67. The molecule has 11 rings (SSSR count). The summed E-state index contributed by atoms with van der Waals surface area (Å²) in [7, 11) is -3.43. The number of para-hydroxylation sites is 2. The molecule has 0 bridgehead atoms. The van der Waals surface area contributed by atoms with Gasteiger partial charge in [-0.2, -0.15) is 9.97 Å². The third-order valence-corrected chi connectivity index (χ3v) is 14.2. The maximum atomic E-state index is 16.5. The van der Waals surface area contributed by atoms with E-state index in [4.69, 9.17) is 15.0 Å². The van der Waals surface area contributed by atoms with E-state index in [2.05, 4.69) is 126 Å². The summed E-state index contributed by atoms with van der Waals surface area (Å²) in [6.45, 7) is 0. The number of nitrogens with zero attached hydrogens (tertiary/aromatic N) is 4. The van der Waals surface area contributed by atoms with Gasteiger partial charge in [-0.25, -0.2) is 4.98 Å². The predicted octanol–water partition coefficient (Wildman–Crippen LogP) is 12.1. The van der Waals surface area contributed by atoms with E-state index in [0.717, 1.165) is 82.6 Å². The number of fused-ring (bicyclic) bond motifs is 7. The summed E-state index contributed by atoms with van der Waals surface area (Å²) in [6, 6.07) is 68.2. The van der Waals surface area contributed by atoms with Gasteiger partial charge in [0.25, 0.3) is 0 Å². The van der Waals surface area contributed by atoms with Crippen LogP contribution < -0.4 is 15.5 Å². The molecule has 1 atom stereocenters. The van der Waals surface area contributed by atoms with Crippen molar-refractivity contribution < 1.29 is 4.57 Å². The summed E-state index contributed by atoms with van der Waals surface area (Å²) in [6.07, 6.45) is 0. The molecule has 0 N–H and O–H groups in total. The van der Waals surface area contributed by atoms with Crippen LogP contribution in [0.1, 0.15) is 16.7 Å². The molecule has 0 saturated carbocycles. The van der Waals surface area contributed by atoms with Crippen molar-refractivity contribution in [2.45, 2.75) is 0 Å². The van der Waals surface area contributed by atoms with Crippen LogP contribution in [0.5, 0.6) is 0 Å². The summed E-state index contributed by atoms with van der Waals surface area (Å²) in [5.41, 5.74) is 9.56. The standard InChI is InChI=1S/C51H33N4OP/c56-57(40-32-31-35-17-7-8-20-39(35)33-40)46-26-14-11-23-43(46)47-41-21-9-12-24-44(41)55(45-25-13-10-22-42(45)48(47)57)51-53-49(37-18-5-2-6-19-37)52-50(54-51)38-29-27-36(28-30-38)34-15-3-1-4-16-34/h1-33H. The van der Waals surface area contributed by atoms with Gasteiger partial charge in [-0.1, -0.05) is 182 Å². The van der Waals surface area contributed by atoms with E-state index in [0.29, 0.717) is 17.6 Å². The van der Waals surface area contributed by atoms with Gasteiger partial charge in [0.2, 0.25) is 5.95 Å². The highest BCUT2D eigenvalue weighted by Crippen LogP contribution is 2.68. The van der Waals surface area contributed by atoms with Gasteiger partial charge in [-0.3, -0.25) is 4.90 Å². The minimum absolute atomic E-state index is 0.473. The Balaban J connectivity index is 1.16. The lowest BCUT2D eigenvalue weighted by Gasteiger charge is -2.27. The van der Waals surface area contributed by atoms with Crippen molar-refractivity contribution >= 4 is 56.7 Å².